The van der Waals surface area contributed by atoms with E-state index in [9.17, 15) is 0 Å². The lowest BCUT2D eigenvalue weighted by molar-refractivity contribution is 1.55. The van der Waals surface area contributed by atoms with Crippen LogP contribution in [0.25, 0.3) is 0 Å². The van der Waals surface area contributed by atoms with Crippen LogP contribution < -0.4 is 0 Å². The summed E-state index contributed by atoms with van der Waals surface area (Å²) in [5, 5.41) is 0. The van der Waals surface area contributed by atoms with Gasteiger partial charge in [-0.15, -0.1) is 0 Å². The van der Waals surface area contributed by atoms with E-state index >= 15 is 0 Å². The number of hydrogen-bond acceptors (Lipinski definition) is 0. The Labute approximate surface area is 112 Å². The highest BCUT2D eigenvalue weighted by atomic mass is 127. The fraction of sp³-hybridized carbons (Fsp3) is 0. The predicted molar refractivity (Wildman–Crippen MR) is 68.1 cm³/mol. The Kier molecular flexibility index (Phi) is 6.62. The molecule has 0 spiro atoms. The Hall–Kier alpha value is 1.93. The van der Waals surface area contributed by atoms with Crippen molar-refractivity contribution < 1.29 is 0 Å². The summed E-state index contributed by atoms with van der Waals surface area (Å²) in [4.78, 5) is 0. The highest BCUT2D eigenvalue weighted by Crippen LogP contribution is 2.18. The monoisotopic (exact) mass is 434 g/mol. The molecule has 0 aliphatic rings. The Morgan fingerprint density at radius 1 is 1.00 bits per heavy atom. The molecule has 0 amide bonds. The zero-order valence-electron chi connectivity index (χ0n) is 4.37. The van der Waals surface area contributed by atoms with Crippen LogP contribution in [-0.2, 0) is 0 Å². The highest BCUT2D eigenvalue weighted by molar-refractivity contribution is 14.1. The lowest BCUT2D eigenvalue weighted by atomic mass is 10.4. The second-order valence-corrected chi connectivity index (χ2v) is 4.99. The average Bonchev–Trinajstić information content (AvgIpc) is 1.59. The van der Waals surface area contributed by atoms with Crippen molar-refractivity contribution in [3.63, 3.8) is 0 Å². The maximum Gasteiger partial charge on any atom is 0.316 e. The van der Waals surface area contributed by atoms with Gasteiger partial charge >= 0.3 is 23.1 Å². The molecule has 0 aromatic heterocycles. The summed E-state index contributed by atoms with van der Waals surface area (Å²) < 4.78 is 3.69. The molecule has 10 heavy (non-hydrogen) atoms. The minimum absolute atomic E-state index is 0. The summed E-state index contributed by atoms with van der Waals surface area (Å²) in [6.45, 7) is 0. The summed E-state index contributed by atoms with van der Waals surface area (Å²) in [5.74, 6) is 0. The van der Waals surface area contributed by atoms with Gasteiger partial charge in [0.15, 0.2) is 0 Å². The molecule has 4 heteroatoms. The Morgan fingerprint density at radius 3 is 1.70 bits per heavy atom. The quantitative estimate of drug-likeness (QED) is 0.435. The minimum atomic E-state index is 0. The van der Waals surface area contributed by atoms with Gasteiger partial charge in [0.1, 0.15) is 0 Å². The Morgan fingerprint density at radius 2 is 1.40 bits per heavy atom. The van der Waals surface area contributed by atoms with Crippen LogP contribution in [0, 0.1) is 7.14 Å². The molecule has 1 aromatic carbocycles. The van der Waals surface area contributed by atoms with Gasteiger partial charge in [-0.2, -0.15) is 0 Å². The maximum absolute atomic E-state index is 3.40. The molecule has 0 fully saturated rings. The maximum atomic E-state index is 3.40. The molecule has 0 bridgehead atoms. The first kappa shape index (κ1) is 11.9. The molecule has 1 rings (SSSR count). The SMILES string of the molecule is Brc1cc(I)cc(I)c1.[MgH2]. The molecule has 0 nitrogen and oxygen atoms in total. The van der Waals surface area contributed by atoms with Gasteiger partial charge in [0, 0.05) is 11.6 Å². The van der Waals surface area contributed by atoms with Crippen molar-refractivity contribution in [2.75, 3.05) is 0 Å². The first-order valence-electron chi connectivity index (χ1n) is 2.30. The molecular weight excluding hydrogens is 430 g/mol. The van der Waals surface area contributed by atoms with Crippen LogP contribution in [0.2, 0.25) is 0 Å². The topological polar surface area (TPSA) is 0 Å². The third kappa shape index (κ3) is 4.08. The van der Waals surface area contributed by atoms with E-state index in [1.165, 1.54) is 7.14 Å². The second kappa shape index (κ2) is 5.55. The summed E-state index contributed by atoms with van der Waals surface area (Å²) in [6.07, 6.45) is 0. The van der Waals surface area contributed by atoms with Crippen LogP contribution in [0.15, 0.2) is 22.7 Å². The molecule has 0 radical (unpaired) electrons. The smallest absolute Gasteiger partial charge is 0.0508 e. The van der Waals surface area contributed by atoms with Crippen molar-refractivity contribution in [2.24, 2.45) is 0 Å². The molecule has 0 saturated carbocycles. The molecule has 0 heterocycles. The molecular formula is C6H5BrI2Mg. The summed E-state index contributed by atoms with van der Waals surface area (Å²) in [6, 6.07) is 6.30. The van der Waals surface area contributed by atoms with Gasteiger partial charge in [0.05, 0.1) is 0 Å². The summed E-state index contributed by atoms with van der Waals surface area (Å²) in [7, 11) is 0. The van der Waals surface area contributed by atoms with Gasteiger partial charge in [-0.1, -0.05) is 15.9 Å². The number of hydrogen-bond donors (Lipinski definition) is 0. The van der Waals surface area contributed by atoms with Crippen LogP contribution >= 0.6 is 61.1 Å². The van der Waals surface area contributed by atoms with Crippen molar-refractivity contribution in [1.29, 1.82) is 0 Å². The zero-order chi connectivity index (χ0) is 6.85. The van der Waals surface area contributed by atoms with Crippen LogP contribution in [0.4, 0.5) is 0 Å². The van der Waals surface area contributed by atoms with Gasteiger partial charge in [-0.25, -0.2) is 0 Å². The van der Waals surface area contributed by atoms with E-state index in [0.29, 0.717) is 0 Å². The second-order valence-electron chi connectivity index (χ2n) is 1.59. The van der Waals surface area contributed by atoms with Gasteiger partial charge in [-0.05, 0) is 63.4 Å². The van der Waals surface area contributed by atoms with Crippen molar-refractivity contribution >= 4 is 84.2 Å². The molecule has 0 aliphatic heterocycles. The van der Waals surface area contributed by atoms with E-state index in [1.807, 2.05) is 0 Å². The number of benzene rings is 1. The van der Waals surface area contributed by atoms with Gasteiger partial charge in [0.25, 0.3) is 0 Å². The van der Waals surface area contributed by atoms with Gasteiger partial charge < -0.3 is 0 Å². The van der Waals surface area contributed by atoms with E-state index in [4.69, 9.17) is 0 Å². The first-order valence-corrected chi connectivity index (χ1v) is 5.25. The molecule has 0 atom stereocenters. The summed E-state index contributed by atoms with van der Waals surface area (Å²) in [5.41, 5.74) is 0. The largest absolute Gasteiger partial charge is 0.316 e. The van der Waals surface area contributed by atoms with Crippen LogP contribution in [0.5, 0.6) is 0 Å². The van der Waals surface area contributed by atoms with Gasteiger partial charge in [0.2, 0.25) is 0 Å². The van der Waals surface area contributed by atoms with Crippen molar-refractivity contribution in [3.8, 4) is 0 Å². The highest BCUT2D eigenvalue weighted by Gasteiger charge is 1.91. The fourth-order valence-electron chi connectivity index (χ4n) is 0.520. The molecule has 0 aliphatic carbocycles. The molecule has 0 unspecified atom stereocenters. The Balaban J connectivity index is 0.000000810. The fourth-order valence-corrected chi connectivity index (χ4v) is 3.81. The molecule has 0 N–H and O–H groups in total. The van der Waals surface area contributed by atoms with Crippen LogP contribution in [0.1, 0.15) is 0 Å². The molecule has 1 aromatic rings. The number of rotatable bonds is 0. The standard InChI is InChI=1S/C6H3BrI2.Mg.2H/c7-4-1-5(8)3-6(9)2-4;;;/h1-3H;;;. The van der Waals surface area contributed by atoms with E-state index in [0.717, 1.165) is 4.47 Å². The van der Waals surface area contributed by atoms with E-state index in [2.05, 4.69) is 79.3 Å². The average molecular weight is 435 g/mol. The summed E-state index contributed by atoms with van der Waals surface area (Å²) >= 11 is 8.00. The van der Waals surface area contributed by atoms with E-state index < -0.39 is 0 Å². The van der Waals surface area contributed by atoms with Crippen LogP contribution in [0.3, 0.4) is 0 Å². The Bertz CT molecular complexity index is 177. The predicted octanol–water partition coefficient (Wildman–Crippen LogP) is 2.74. The lowest BCUT2D eigenvalue weighted by Gasteiger charge is -1.92. The van der Waals surface area contributed by atoms with Crippen LogP contribution in [-0.4, -0.2) is 23.1 Å². The zero-order valence-corrected chi connectivity index (χ0v) is 10.3. The van der Waals surface area contributed by atoms with Crippen molar-refractivity contribution in [2.45, 2.75) is 0 Å². The minimum Gasteiger partial charge on any atom is -0.0508 e. The molecule has 0 saturated heterocycles. The third-order valence-electron chi connectivity index (χ3n) is 0.827. The number of halogens is 3. The van der Waals surface area contributed by atoms with Crippen molar-refractivity contribution in [3.05, 3.63) is 29.8 Å². The van der Waals surface area contributed by atoms with Crippen molar-refractivity contribution in [1.82, 2.24) is 0 Å². The molecule has 52 valence electrons. The van der Waals surface area contributed by atoms with E-state index in [1.54, 1.807) is 0 Å². The van der Waals surface area contributed by atoms with Gasteiger partial charge in [-0.3, -0.25) is 0 Å². The third-order valence-corrected chi connectivity index (χ3v) is 2.53. The normalized spacial score (nSPS) is 8.70. The first-order chi connectivity index (χ1) is 4.18. The van der Waals surface area contributed by atoms with E-state index in [-0.39, 0.29) is 23.1 Å². The lowest BCUT2D eigenvalue weighted by Crippen LogP contribution is -1.73.